The summed E-state index contributed by atoms with van der Waals surface area (Å²) in [6, 6.07) is 3.07. The zero-order chi connectivity index (χ0) is 12.6. The molecule has 0 radical (unpaired) electrons. The molecular weight excluding hydrogens is 227 g/mol. The van der Waals surface area contributed by atoms with Crippen LogP contribution in [0.4, 0.5) is 4.39 Å². The topological polar surface area (TPSA) is 55.8 Å². The molecule has 0 bridgehead atoms. The van der Waals surface area contributed by atoms with E-state index in [1.54, 1.807) is 6.07 Å². The van der Waals surface area contributed by atoms with Crippen LogP contribution >= 0.6 is 0 Å². The highest BCUT2D eigenvalue weighted by atomic mass is 19.1. The van der Waals surface area contributed by atoms with E-state index in [0.29, 0.717) is 22.6 Å². The Labute approximate surface area is 98.0 Å². The summed E-state index contributed by atoms with van der Waals surface area (Å²) in [6.45, 7) is 2.97. The number of carbonyl (C=O) groups is 1. The Morgan fingerprint density at radius 3 is 2.71 bits per heavy atom. The molecule has 0 saturated carbocycles. The van der Waals surface area contributed by atoms with Crippen molar-refractivity contribution in [2.45, 2.75) is 25.9 Å². The molecule has 0 aromatic heterocycles. The number of ether oxygens (including phenoxy) is 2. The third kappa shape index (κ3) is 2.05. The minimum atomic E-state index is -1.18. The van der Waals surface area contributed by atoms with Crippen LogP contribution in [-0.2, 0) is 4.79 Å². The van der Waals surface area contributed by atoms with Gasteiger partial charge in [0, 0.05) is 5.56 Å². The first-order valence-electron chi connectivity index (χ1n) is 5.31. The summed E-state index contributed by atoms with van der Waals surface area (Å²) >= 11 is 0. The van der Waals surface area contributed by atoms with Gasteiger partial charge in [0.25, 0.3) is 0 Å². The van der Waals surface area contributed by atoms with Crippen molar-refractivity contribution in [2.75, 3.05) is 6.79 Å². The molecular formula is C12H13FO4. The van der Waals surface area contributed by atoms with Crippen LogP contribution in [0.25, 0.3) is 0 Å². The molecule has 0 aliphatic carbocycles. The summed E-state index contributed by atoms with van der Waals surface area (Å²) < 4.78 is 23.7. The number of hydrogen-bond donors (Lipinski definition) is 1. The van der Waals surface area contributed by atoms with E-state index in [9.17, 15) is 9.18 Å². The summed E-state index contributed by atoms with van der Waals surface area (Å²) in [5.41, 5.74) is 0.851. The number of halogens is 1. The van der Waals surface area contributed by atoms with Gasteiger partial charge in [-0.2, -0.15) is 0 Å². The second kappa shape index (κ2) is 4.24. The van der Waals surface area contributed by atoms with Crippen LogP contribution in [0.1, 0.15) is 37.1 Å². The molecule has 17 heavy (non-hydrogen) atoms. The lowest BCUT2D eigenvalue weighted by atomic mass is 9.96. The molecule has 2 atom stereocenters. The molecule has 2 unspecified atom stereocenters. The molecule has 1 aliphatic rings. The van der Waals surface area contributed by atoms with E-state index in [1.807, 2.05) is 0 Å². The lowest BCUT2D eigenvalue weighted by Crippen LogP contribution is -2.09. The van der Waals surface area contributed by atoms with Gasteiger partial charge in [-0.25, -0.2) is 4.39 Å². The number of carboxylic acids is 1. The fourth-order valence-corrected chi connectivity index (χ4v) is 1.74. The van der Waals surface area contributed by atoms with Crippen LogP contribution in [0.3, 0.4) is 0 Å². The van der Waals surface area contributed by atoms with Crippen LogP contribution in [0.5, 0.6) is 11.5 Å². The molecule has 1 N–H and O–H groups in total. The quantitative estimate of drug-likeness (QED) is 0.882. The number of benzene rings is 1. The molecule has 2 rings (SSSR count). The Morgan fingerprint density at radius 2 is 2.12 bits per heavy atom. The molecule has 1 aromatic rings. The molecule has 1 aromatic carbocycles. The summed E-state index contributed by atoms with van der Waals surface area (Å²) in [6.07, 6.45) is -1.18. The van der Waals surface area contributed by atoms with Crippen LogP contribution in [-0.4, -0.2) is 17.9 Å². The van der Waals surface area contributed by atoms with Crippen LogP contribution in [0.15, 0.2) is 12.1 Å². The van der Waals surface area contributed by atoms with Crippen LogP contribution < -0.4 is 9.47 Å². The van der Waals surface area contributed by atoms with Crippen molar-refractivity contribution in [1.82, 2.24) is 0 Å². The summed E-state index contributed by atoms with van der Waals surface area (Å²) in [5.74, 6) is -0.921. The van der Waals surface area contributed by atoms with Gasteiger partial charge in [0.15, 0.2) is 11.5 Å². The predicted octanol–water partition coefficient (Wildman–Crippen LogP) is 2.63. The first-order valence-corrected chi connectivity index (χ1v) is 5.31. The Bertz CT molecular complexity index is 456. The van der Waals surface area contributed by atoms with Gasteiger partial charge in [-0.15, -0.1) is 0 Å². The van der Waals surface area contributed by atoms with Crippen molar-refractivity contribution in [2.24, 2.45) is 0 Å². The number of aliphatic carboxylic acids is 1. The number of hydrogen-bond acceptors (Lipinski definition) is 3. The smallest absolute Gasteiger partial charge is 0.310 e. The largest absolute Gasteiger partial charge is 0.481 e. The van der Waals surface area contributed by atoms with E-state index in [-0.39, 0.29) is 6.79 Å². The highest BCUT2D eigenvalue weighted by molar-refractivity contribution is 5.77. The second-order valence-electron chi connectivity index (χ2n) is 4.02. The average Bonchev–Trinajstić information content (AvgIpc) is 2.74. The van der Waals surface area contributed by atoms with Crippen molar-refractivity contribution in [1.29, 1.82) is 0 Å². The van der Waals surface area contributed by atoms with E-state index in [1.165, 1.54) is 19.9 Å². The van der Waals surface area contributed by atoms with E-state index in [4.69, 9.17) is 14.6 Å². The first-order chi connectivity index (χ1) is 8.00. The molecule has 0 fully saturated rings. The second-order valence-corrected chi connectivity index (χ2v) is 4.02. The molecule has 0 amide bonds. The number of fused-ring (bicyclic) bond motifs is 1. The van der Waals surface area contributed by atoms with Crippen LogP contribution in [0.2, 0.25) is 0 Å². The molecule has 5 heteroatoms. The highest BCUT2D eigenvalue weighted by Crippen LogP contribution is 2.42. The number of alkyl halides is 1. The lowest BCUT2D eigenvalue weighted by molar-refractivity contribution is -0.138. The minimum absolute atomic E-state index is 0.0405. The summed E-state index contributed by atoms with van der Waals surface area (Å²) in [5, 5.41) is 9.01. The number of rotatable bonds is 3. The molecule has 0 spiro atoms. The maximum Gasteiger partial charge on any atom is 0.310 e. The van der Waals surface area contributed by atoms with E-state index < -0.39 is 18.1 Å². The Morgan fingerprint density at radius 1 is 1.41 bits per heavy atom. The van der Waals surface area contributed by atoms with E-state index in [0.717, 1.165) is 0 Å². The minimum Gasteiger partial charge on any atom is -0.481 e. The third-order valence-electron chi connectivity index (χ3n) is 2.82. The first kappa shape index (κ1) is 11.7. The van der Waals surface area contributed by atoms with E-state index in [2.05, 4.69) is 0 Å². The lowest BCUT2D eigenvalue weighted by Gasteiger charge is -2.13. The fourth-order valence-electron chi connectivity index (χ4n) is 1.74. The third-order valence-corrected chi connectivity index (χ3v) is 2.82. The van der Waals surface area contributed by atoms with Gasteiger partial charge in [0.05, 0.1) is 5.92 Å². The van der Waals surface area contributed by atoms with Crippen molar-refractivity contribution < 1.29 is 23.8 Å². The van der Waals surface area contributed by atoms with Crippen molar-refractivity contribution >= 4 is 5.97 Å². The Hall–Kier alpha value is -1.78. The van der Waals surface area contributed by atoms with E-state index >= 15 is 0 Å². The summed E-state index contributed by atoms with van der Waals surface area (Å²) in [7, 11) is 0. The number of carboxylic acid groups (broad SMARTS) is 1. The van der Waals surface area contributed by atoms with Crippen LogP contribution in [0, 0.1) is 0 Å². The Kier molecular flexibility index (Phi) is 2.92. The van der Waals surface area contributed by atoms with Gasteiger partial charge < -0.3 is 14.6 Å². The van der Waals surface area contributed by atoms with Gasteiger partial charge in [-0.3, -0.25) is 4.79 Å². The predicted molar refractivity (Wildman–Crippen MR) is 58.1 cm³/mol. The van der Waals surface area contributed by atoms with Crippen molar-refractivity contribution in [3.63, 3.8) is 0 Å². The molecule has 0 saturated heterocycles. The Balaban J connectivity index is 2.53. The average molecular weight is 240 g/mol. The van der Waals surface area contributed by atoms with Gasteiger partial charge in [0.1, 0.15) is 6.17 Å². The van der Waals surface area contributed by atoms with Crippen molar-refractivity contribution in [3.05, 3.63) is 23.3 Å². The van der Waals surface area contributed by atoms with Gasteiger partial charge in [0.2, 0.25) is 6.79 Å². The van der Waals surface area contributed by atoms with Gasteiger partial charge in [-0.05, 0) is 31.5 Å². The molecule has 1 aliphatic heterocycles. The maximum atomic E-state index is 13.3. The highest BCUT2D eigenvalue weighted by Gasteiger charge is 2.26. The monoisotopic (exact) mass is 240 g/mol. The molecule has 1 heterocycles. The zero-order valence-corrected chi connectivity index (χ0v) is 9.57. The SMILES string of the molecule is CC(F)c1cc2c(c(C(C)C(=O)O)c1)OCO2. The normalized spacial score (nSPS) is 16.6. The molecule has 4 nitrogen and oxygen atoms in total. The van der Waals surface area contributed by atoms with Gasteiger partial charge >= 0.3 is 5.97 Å². The van der Waals surface area contributed by atoms with Gasteiger partial charge in [-0.1, -0.05) is 0 Å². The molecule has 92 valence electrons. The maximum absolute atomic E-state index is 13.3. The zero-order valence-electron chi connectivity index (χ0n) is 9.57. The standard InChI is InChI=1S/C12H13FO4/c1-6(12(14)15)9-3-8(7(2)13)4-10-11(9)17-5-16-10/h3-4,6-7H,5H2,1-2H3,(H,14,15). The summed E-state index contributed by atoms with van der Waals surface area (Å²) in [4.78, 5) is 11.0. The fraction of sp³-hybridized carbons (Fsp3) is 0.417. The van der Waals surface area contributed by atoms with Crippen molar-refractivity contribution in [3.8, 4) is 11.5 Å².